The largest absolute Gasteiger partial charge is 0.381 e. The van der Waals surface area contributed by atoms with Crippen LogP contribution in [0.2, 0.25) is 0 Å². The molecule has 1 aliphatic rings. The molecule has 0 aliphatic carbocycles. The van der Waals surface area contributed by atoms with Gasteiger partial charge in [-0.15, -0.1) is 0 Å². The zero-order valence-electron chi connectivity index (χ0n) is 10.5. The lowest BCUT2D eigenvalue weighted by Crippen LogP contribution is -2.17. The fraction of sp³-hybridized carbons (Fsp3) is 0.467. The van der Waals surface area contributed by atoms with Crippen molar-refractivity contribution in [2.75, 3.05) is 19.8 Å². The summed E-state index contributed by atoms with van der Waals surface area (Å²) >= 11 is 2.04. The van der Waals surface area contributed by atoms with Crippen LogP contribution in [0.5, 0.6) is 0 Å². The Morgan fingerprint density at radius 3 is 2.61 bits per heavy atom. The second-order valence-electron chi connectivity index (χ2n) is 4.33. The molecular formula is C15H19NOS. The molecule has 3 heteroatoms. The van der Waals surface area contributed by atoms with Crippen LogP contribution in [-0.2, 0) is 10.5 Å². The fourth-order valence-electron chi connectivity index (χ4n) is 1.89. The van der Waals surface area contributed by atoms with E-state index in [1.807, 2.05) is 11.8 Å². The molecule has 1 aliphatic heterocycles. The molecule has 2 N–H and O–H groups in total. The van der Waals surface area contributed by atoms with Gasteiger partial charge < -0.3 is 10.5 Å². The van der Waals surface area contributed by atoms with Crippen molar-refractivity contribution in [1.29, 1.82) is 0 Å². The molecule has 0 atom stereocenters. The Kier molecular flexibility index (Phi) is 5.60. The van der Waals surface area contributed by atoms with E-state index in [0.29, 0.717) is 6.54 Å². The number of rotatable bonds is 3. The van der Waals surface area contributed by atoms with Gasteiger partial charge in [-0.1, -0.05) is 24.0 Å². The number of hydrogen-bond acceptors (Lipinski definition) is 3. The maximum absolute atomic E-state index is 5.37. The van der Waals surface area contributed by atoms with Gasteiger partial charge in [0.15, 0.2) is 0 Å². The van der Waals surface area contributed by atoms with Crippen molar-refractivity contribution in [3.8, 4) is 11.8 Å². The predicted molar refractivity (Wildman–Crippen MR) is 77.5 cm³/mol. The van der Waals surface area contributed by atoms with E-state index in [1.165, 1.54) is 18.4 Å². The van der Waals surface area contributed by atoms with E-state index in [2.05, 4.69) is 36.1 Å². The first-order valence-electron chi connectivity index (χ1n) is 6.35. The van der Waals surface area contributed by atoms with E-state index in [-0.39, 0.29) is 0 Å². The SMILES string of the molecule is NCC#Cc1ccc(CSC2CCOCC2)cc1. The molecule has 96 valence electrons. The molecular weight excluding hydrogens is 242 g/mol. The summed E-state index contributed by atoms with van der Waals surface area (Å²) in [6, 6.07) is 8.46. The van der Waals surface area contributed by atoms with E-state index in [0.717, 1.165) is 29.8 Å². The minimum atomic E-state index is 0.418. The maximum Gasteiger partial charge on any atom is 0.0555 e. The predicted octanol–water partition coefficient (Wildman–Crippen LogP) is 2.41. The Morgan fingerprint density at radius 1 is 1.22 bits per heavy atom. The molecule has 0 radical (unpaired) electrons. The Balaban J connectivity index is 1.82. The summed E-state index contributed by atoms with van der Waals surface area (Å²) in [4.78, 5) is 0. The minimum absolute atomic E-state index is 0.418. The van der Waals surface area contributed by atoms with Crippen LogP contribution >= 0.6 is 11.8 Å². The summed E-state index contributed by atoms with van der Waals surface area (Å²) in [5, 5.41) is 0.760. The van der Waals surface area contributed by atoms with Crippen LogP contribution in [0.4, 0.5) is 0 Å². The van der Waals surface area contributed by atoms with Gasteiger partial charge >= 0.3 is 0 Å². The second-order valence-corrected chi connectivity index (χ2v) is 5.61. The monoisotopic (exact) mass is 261 g/mol. The standard InChI is InChI=1S/C15H19NOS/c16-9-1-2-13-3-5-14(6-4-13)12-18-15-7-10-17-11-8-15/h3-6,15H,7-12,16H2. The highest BCUT2D eigenvalue weighted by molar-refractivity contribution is 7.99. The normalized spacial score (nSPS) is 16.1. The van der Waals surface area contributed by atoms with Crippen LogP contribution < -0.4 is 5.73 Å². The number of benzene rings is 1. The van der Waals surface area contributed by atoms with Crippen LogP contribution in [0.25, 0.3) is 0 Å². The van der Waals surface area contributed by atoms with Gasteiger partial charge in [0.25, 0.3) is 0 Å². The van der Waals surface area contributed by atoms with E-state index in [9.17, 15) is 0 Å². The summed E-state index contributed by atoms with van der Waals surface area (Å²) in [5.74, 6) is 6.98. The molecule has 18 heavy (non-hydrogen) atoms. The lowest BCUT2D eigenvalue weighted by atomic mass is 10.1. The zero-order valence-corrected chi connectivity index (χ0v) is 11.3. The molecule has 0 unspecified atom stereocenters. The Bertz CT molecular complexity index is 412. The number of hydrogen-bond donors (Lipinski definition) is 1. The minimum Gasteiger partial charge on any atom is -0.381 e. The third kappa shape index (κ3) is 4.38. The summed E-state index contributed by atoms with van der Waals surface area (Å²) in [5.41, 5.74) is 7.76. The van der Waals surface area contributed by atoms with Crippen molar-refractivity contribution in [1.82, 2.24) is 0 Å². The van der Waals surface area contributed by atoms with Crippen molar-refractivity contribution in [2.24, 2.45) is 5.73 Å². The Labute approximate surface area is 113 Å². The van der Waals surface area contributed by atoms with Gasteiger partial charge in [-0.3, -0.25) is 0 Å². The zero-order chi connectivity index (χ0) is 12.6. The molecule has 0 aromatic heterocycles. The van der Waals surface area contributed by atoms with Gasteiger partial charge in [0.1, 0.15) is 0 Å². The van der Waals surface area contributed by atoms with Crippen LogP contribution in [0, 0.1) is 11.8 Å². The maximum atomic E-state index is 5.37. The molecule has 1 heterocycles. The summed E-state index contributed by atoms with van der Waals surface area (Å²) in [6.45, 7) is 2.26. The Hall–Kier alpha value is -0.950. The van der Waals surface area contributed by atoms with Gasteiger partial charge in [-0.2, -0.15) is 11.8 Å². The van der Waals surface area contributed by atoms with Gasteiger partial charge in [0, 0.05) is 29.8 Å². The average molecular weight is 261 g/mol. The highest BCUT2D eigenvalue weighted by atomic mass is 32.2. The summed E-state index contributed by atoms with van der Waals surface area (Å²) in [7, 11) is 0. The molecule has 0 bridgehead atoms. The lowest BCUT2D eigenvalue weighted by Gasteiger charge is -2.21. The van der Waals surface area contributed by atoms with Gasteiger partial charge in [0.05, 0.1) is 6.54 Å². The molecule has 2 nitrogen and oxygen atoms in total. The van der Waals surface area contributed by atoms with Crippen LogP contribution in [0.1, 0.15) is 24.0 Å². The summed E-state index contributed by atoms with van der Waals surface area (Å²) < 4.78 is 5.37. The molecule has 1 aromatic carbocycles. The highest BCUT2D eigenvalue weighted by Crippen LogP contribution is 2.25. The quantitative estimate of drug-likeness (QED) is 0.849. The first-order chi connectivity index (χ1) is 8.88. The second kappa shape index (κ2) is 7.48. The van der Waals surface area contributed by atoms with E-state index < -0.39 is 0 Å². The Morgan fingerprint density at radius 2 is 1.94 bits per heavy atom. The number of thioether (sulfide) groups is 1. The number of nitrogens with two attached hydrogens (primary N) is 1. The van der Waals surface area contributed by atoms with Crippen molar-refractivity contribution >= 4 is 11.8 Å². The average Bonchev–Trinajstić information content (AvgIpc) is 2.45. The van der Waals surface area contributed by atoms with Crippen LogP contribution in [0.3, 0.4) is 0 Å². The van der Waals surface area contributed by atoms with Crippen LogP contribution in [-0.4, -0.2) is 25.0 Å². The van der Waals surface area contributed by atoms with Gasteiger partial charge in [-0.05, 0) is 30.5 Å². The molecule has 2 rings (SSSR count). The van der Waals surface area contributed by atoms with Gasteiger partial charge in [0.2, 0.25) is 0 Å². The molecule has 0 saturated carbocycles. The molecule has 1 saturated heterocycles. The van der Waals surface area contributed by atoms with Crippen molar-refractivity contribution < 1.29 is 4.74 Å². The number of ether oxygens (including phenoxy) is 1. The summed E-state index contributed by atoms with van der Waals surface area (Å²) in [6.07, 6.45) is 2.37. The van der Waals surface area contributed by atoms with Crippen molar-refractivity contribution in [3.63, 3.8) is 0 Å². The first kappa shape index (κ1) is 13.5. The molecule has 1 aromatic rings. The van der Waals surface area contributed by atoms with Crippen molar-refractivity contribution in [3.05, 3.63) is 35.4 Å². The fourth-order valence-corrected chi connectivity index (χ4v) is 3.04. The highest BCUT2D eigenvalue weighted by Gasteiger charge is 2.13. The van der Waals surface area contributed by atoms with E-state index >= 15 is 0 Å². The van der Waals surface area contributed by atoms with E-state index in [4.69, 9.17) is 10.5 Å². The molecule has 1 fully saturated rings. The smallest absolute Gasteiger partial charge is 0.0555 e. The first-order valence-corrected chi connectivity index (χ1v) is 7.40. The van der Waals surface area contributed by atoms with E-state index in [1.54, 1.807) is 0 Å². The third-order valence-electron chi connectivity index (χ3n) is 2.94. The van der Waals surface area contributed by atoms with Crippen LogP contribution in [0.15, 0.2) is 24.3 Å². The topological polar surface area (TPSA) is 35.2 Å². The molecule has 0 amide bonds. The lowest BCUT2D eigenvalue weighted by molar-refractivity contribution is 0.1000. The van der Waals surface area contributed by atoms with Crippen molar-refractivity contribution in [2.45, 2.75) is 23.8 Å². The molecule has 0 spiro atoms. The third-order valence-corrected chi connectivity index (χ3v) is 4.39. The van der Waals surface area contributed by atoms with Gasteiger partial charge in [-0.25, -0.2) is 0 Å².